The first-order valence-electron chi connectivity index (χ1n) is 7.59. The fraction of sp³-hybridized carbons (Fsp3) is 0.688. The SMILES string of the molecule is CCC1(C(=O)N(C)C(C)Cc2cccs2)CCNCC1. The summed E-state index contributed by atoms with van der Waals surface area (Å²) in [5, 5.41) is 5.47. The van der Waals surface area contributed by atoms with Crippen LogP contribution >= 0.6 is 11.3 Å². The topological polar surface area (TPSA) is 32.3 Å². The second-order valence-corrected chi connectivity index (χ2v) is 6.96. The first kappa shape index (κ1) is 15.5. The third kappa shape index (κ3) is 3.23. The summed E-state index contributed by atoms with van der Waals surface area (Å²) in [5.41, 5.74) is -0.135. The minimum absolute atomic E-state index is 0.135. The molecule has 0 aliphatic carbocycles. The first-order valence-corrected chi connectivity index (χ1v) is 8.47. The van der Waals surface area contributed by atoms with Crippen LogP contribution in [0.25, 0.3) is 0 Å². The van der Waals surface area contributed by atoms with Crippen LogP contribution in [0.1, 0.15) is 38.0 Å². The number of piperidine rings is 1. The Bertz CT molecular complexity index is 424. The molecule has 1 N–H and O–H groups in total. The number of nitrogens with zero attached hydrogens (tertiary/aromatic N) is 1. The number of likely N-dealkylation sites (N-methyl/N-ethyl adjacent to an activating group) is 1. The zero-order valence-corrected chi connectivity index (χ0v) is 13.6. The third-order valence-electron chi connectivity index (χ3n) is 4.75. The Morgan fingerprint density at radius 3 is 2.75 bits per heavy atom. The molecule has 0 aromatic carbocycles. The summed E-state index contributed by atoms with van der Waals surface area (Å²) in [5.74, 6) is 0.338. The molecule has 1 amide bonds. The summed E-state index contributed by atoms with van der Waals surface area (Å²) in [6, 6.07) is 4.49. The molecular formula is C16H26N2OS. The van der Waals surface area contributed by atoms with E-state index in [1.807, 2.05) is 11.9 Å². The highest BCUT2D eigenvalue weighted by molar-refractivity contribution is 7.09. The van der Waals surface area contributed by atoms with E-state index in [1.54, 1.807) is 11.3 Å². The summed E-state index contributed by atoms with van der Waals surface area (Å²) in [6.07, 6.45) is 3.85. The van der Waals surface area contributed by atoms with Gasteiger partial charge in [0.25, 0.3) is 0 Å². The van der Waals surface area contributed by atoms with Gasteiger partial charge in [-0.15, -0.1) is 11.3 Å². The maximum absolute atomic E-state index is 12.9. The summed E-state index contributed by atoms with van der Waals surface area (Å²) < 4.78 is 0. The number of carbonyl (C=O) groups excluding carboxylic acids is 1. The van der Waals surface area contributed by atoms with Crippen molar-refractivity contribution in [2.75, 3.05) is 20.1 Å². The summed E-state index contributed by atoms with van der Waals surface area (Å²) in [7, 11) is 1.97. The predicted octanol–water partition coefficient (Wildman–Crippen LogP) is 2.92. The van der Waals surface area contributed by atoms with Gasteiger partial charge in [0, 0.05) is 24.4 Å². The van der Waals surface area contributed by atoms with Crippen LogP contribution in [0.2, 0.25) is 0 Å². The van der Waals surface area contributed by atoms with Crippen molar-refractivity contribution in [3.05, 3.63) is 22.4 Å². The largest absolute Gasteiger partial charge is 0.342 e. The second kappa shape index (κ2) is 6.72. The lowest BCUT2D eigenvalue weighted by molar-refractivity contribution is -0.144. The molecule has 1 aromatic heterocycles. The van der Waals surface area contributed by atoms with Gasteiger partial charge in [-0.05, 0) is 50.7 Å². The van der Waals surface area contributed by atoms with Crippen molar-refractivity contribution in [2.24, 2.45) is 5.41 Å². The minimum Gasteiger partial charge on any atom is -0.342 e. The molecule has 2 heterocycles. The highest BCUT2D eigenvalue weighted by Crippen LogP contribution is 2.35. The summed E-state index contributed by atoms with van der Waals surface area (Å²) in [4.78, 5) is 16.3. The van der Waals surface area contributed by atoms with Gasteiger partial charge in [-0.3, -0.25) is 4.79 Å². The number of hydrogen-bond acceptors (Lipinski definition) is 3. The first-order chi connectivity index (χ1) is 9.59. The second-order valence-electron chi connectivity index (χ2n) is 5.93. The standard InChI is InChI=1S/C16H26N2OS/c1-4-16(7-9-17-10-8-16)15(19)18(3)13(2)12-14-6-5-11-20-14/h5-6,11,13,17H,4,7-10,12H2,1-3H3. The van der Waals surface area contributed by atoms with E-state index in [2.05, 4.69) is 36.7 Å². The molecule has 1 aromatic rings. The van der Waals surface area contributed by atoms with Crippen LogP contribution in [0, 0.1) is 5.41 Å². The van der Waals surface area contributed by atoms with Crippen molar-refractivity contribution in [1.82, 2.24) is 10.2 Å². The average molecular weight is 294 g/mol. The molecule has 2 rings (SSSR count). The van der Waals surface area contributed by atoms with Gasteiger partial charge in [0.1, 0.15) is 0 Å². The van der Waals surface area contributed by atoms with Crippen LogP contribution in [-0.4, -0.2) is 37.0 Å². The Morgan fingerprint density at radius 1 is 1.50 bits per heavy atom. The third-order valence-corrected chi connectivity index (χ3v) is 5.65. The van der Waals surface area contributed by atoms with E-state index < -0.39 is 0 Å². The molecule has 1 unspecified atom stereocenters. The zero-order chi connectivity index (χ0) is 14.6. The quantitative estimate of drug-likeness (QED) is 0.905. The number of rotatable bonds is 5. The van der Waals surface area contributed by atoms with Crippen molar-refractivity contribution < 1.29 is 4.79 Å². The highest BCUT2D eigenvalue weighted by Gasteiger charge is 2.40. The van der Waals surface area contributed by atoms with E-state index >= 15 is 0 Å². The van der Waals surface area contributed by atoms with Crippen LogP contribution < -0.4 is 5.32 Å². The molecule has 0 spiro atoms. The van der Waals surface area contributed by atoms with E-state index in [9.17, 15) is 4.79 Å². The maximum Gasteiger partial charge on any atom is 0.228 e. The highest BCUT2D eigenvalue weighted by atomic mass is 32.1. The monoisotopic (exact) mass is 294 g/mol. The van der Waals surface area contributed by atoms with E-state index in [4.69, 9.17) is 0 Å². The van der Waals surface area contributed by atoms with Gasteiger partial charge >= 0.3 is 0 Å². The number of amides is 1. The molecule has 3 nitrogen and oxygen atoms in total. The van der Waals surface area contributed by atoms with Gasteiger partial charge in [0.05, 0.1) is 5.41 Å². The Kier molecular flexibility index (Phi) is 5.22. The van der Waals surface area contributed by atoms with Gasteiger partial charge in [-0.1, -0.05) is 13.0 Å². The lowest BCUT2D eigenvalue weighted by atomic mass is 9.75. The van der Waals surface area contributed by atoms with Crippen molar-refractivity contribution in [3.8, 4) is 0 Å². The zero-order valence-electron chi connectivity index (χ0n) is 12.8. The van der Waals surface area contributed by atoms with Crippen LogP contribution in [0.5, 0.6) is 0 Å². The Balaban J connectivity index is 2.02. The predicted molar refractivity (Wildman–Crippen MR) is 85.1 cm³/mol. The molecule has 1 aliphatic heterocycles. The van der Waals surface area contributed by atoms with Crippen LogP contribution in [0.3, 0.4) is 0 Å². The molecule has 0 radical (unpaired) electrons. The number of thiophene rings is 1. The lowest BCUT2D eigenvalue weighted by Gasteiger charge is -2.40. The molecule has 0 bridgehead atoms. The van der Waals surface area contributed by atoms with Gasteiger partial charge in [-0.25, -0.2) is 0 Å². The molecule has 20 heavy (non-hydrogen) atoms. The van der Waals surface area contributed by atoms with Gasteiger partial charge in [-0.2, -0.15) is 0 Å². The molecule has 112 valence electrons. The number of hydrogen-bond donors (Lipinski definition) is 1. The fourth-order valence-corrected chi connectivity index (χ4v) is 3.88. The van der Waals surface area contributed by atoms with Crippen LogP contribution in [0.4, 0.5) is 0 Å². The van der Waals surface area contributed by atoms with Gasteiger partial charge in [0.2, 0.25) is 5.91 Å². The summed E-state index contributed by atoms with van der Waals surface area (Å²) in [6.45, 7) is 6.24. The van der Waals surface area contributed by atoms with Gasteiger partial charge in [0.15, 0.2) is 0 Å². The van der Waals surface area contributed by atoms with E-state index in [0.29, 0.717) is 5.91 Å². The van der Waals surface area contributed by atoms with E-state index in [-0.39, 0.29) is 11.5 Å². The Hall–Kier alpha value is -0.870. The Labute approximate surface area is 126 Å². The molecule has 1 saturated heterocycles. The smallest absolute Gasteiger partial charge is 0.228 e. The normalized spacial score (nSPS) is 19.6. The van der Waals surface area contributed by atoms with Crippen molar-refractivity contribution >= 4 is 17.2 Å². The summed E-state index contributed by atoms with van der Waals surface area (Å²) >= 11 is 1.77. The molecule has 1 fully saturated rings. The lowest BCUT2D eigenvalue weighted by Crippen LogP contribution is -2.50. The van der Waals surface area contributed by atoms with Crippen LogP contribution in [0.15, 0.2) is 17.5 Å². The van der Waals surface area contributed by atoms with Crippen LogP contribution in [-0.2, 0) is 11.2 Å². The molecule has 1 atom stereocenters. The maximum atomic E-state index is 12.9. The van der Waals surface area contributed by atoms with E-state index in [1.165, 1.54) is 4.88 Å². The molecule has 1 aliphatic rings. The molecular weight excluding hydrogens is 268 g/mol. The Morgan fingerprint density at radius 2 is 2.20 bits per heavy atom. The fourth-order valence-electron chi connectivity index (χ4n) is 3.06. The van der Waals surface area contributed by atoms with Crippen molar-refractivity contribution in [1.29, 1.82) is 0 Å². The minimum atomic E-state index is -0.135. The molecule has 0 saturated carbocycles. The molecule has 4 heteroatoms. The van der Waals surface area contributed by atoms with Crippen molar-refractivity contribution in [2.45, 2.75) is 45.6 Å². The average Bonchev–Trinajstić information content (AvgIpc) is 2.99. The number of carbonyl (C=O) groups is 1. The van der Waals surface area contributed by atoms with Crippen molar-refractivity contribution in [3.63, 3.8) is 0 Å². The van der Waals surface area contributed by atoms with Gasteiger partial charge < -0.3 is 10.2 Å². The number of nitrogens with one attached hydrogen (secondary N) is 1. The van der Waals surface area contributed by atoms with E-state index in [0.717, 1.165) is 38.8 Å².